The summed E-state index contributed by atoms with van der Waals surface area (Å²) in [5.74, 6) is -1.54. The minimum Gasteiger partial charge on any atom is -0.343 e. The van der Waals surface area contributed by atoms with Crippen molar-refractivity contribution in [3.8, 4) is 0 Å². The number of carbonyl (C=O) groups excluding carboxylic acids is 2. The van der Waals surface area contributed by atoms with E-state index in [4.69, 9.17) is 11.6 Å². The van der Waals surface area contributed by atoms with Gasteiger partial charge in [-0.3, -0.25) is 13.9 Å². The van der Waals surface area contributed by atoms with E-state index in [1.54, 1.807) is 23.1 Å². The van der Waals surface area contributed by atoms with Crippen LogP contribution in [0.4, 0.5) is 20.2 Å². The molecule has 2 amide bonds. The Morgan fingerprint density at radius 1 is 0.951 bits per heavy atom. The Morgan fingerprint density at radius 3 is 2.24 bits per heavy atom. The van der Waals surface area contributed by atoms with Gasteiger partial charge in [0.05, 0.1) is 27.3 Å². The maximum absolute atomic E-state index is 14.2. The average molecular weight is 600 g/mol. The molecule has 3 aliphatic rings. The van der Waals surface area contributed by atoms with Crippen LogP contribution in [-0.4, -0.2) is 44.3 Å². The lowest BCUT2D eigenvalue weighted by atomic mass is 9.68. The third-order valence-electron chi connectivity index (χ3n) is 8.57. The quantitative estimate of drug-likeness (QED) is 0.405. The van der Waals surface area contributed by atoms with Gasteiger partial charge in [-0.2, -0.15) is 0 Å². The summed E-state index contributed by atoms with van der Waals surface area (Å²) in [5, 5.41) is 2.84. The van der Waals surface area contributed by atoms with Gasteiger partial charge < -0.3 is 10.2 Å². The van der Waals surface area contributed by atoms with Gasteiger partial charge in [-0.15, -0.1) is 0 Å². The zero-order valence-corrected chi connectivity index (χ0v) is 23.8. The number of carbonyl (C=O) groups is 2. The average Bonchev–Trinajstić information content (AvgIpc) is 3.75. The van der Waals surface area contributed by atoms with Crippen LogP contribution in [0, 0.1) is 17.6 Å². The van der Waals surface area contributed by atoms with Crippen molar-refractivity contribution in [1.29, 1.82) is 0 Å². The van der Waals surface area contributed by atoms with Crippen molar-refractivity contribution < 1.29 is 26.8 Å². The standard InChI is InChI=1S/C30H28ClF2N3O4S/c1-18(37)35-14-12-30(13-15-35)24-16-20(29(38)34-26-17-22(33)7-10-25(26)31)4-11-27(24)36(28(30)19-2-3-19)41(39,40)23-8-5-21(32)6-9-23/h4-11,16-17,19,28H,2-3,12-15H2,1H3,(H,34,38). The Kier molecular flexibility index (Phi) is 6.81. The van der Waals surface area contributed by atoms with Gasteiger partial charge in [-0.25, -0.2) is 17.2 Å². The molecule has 214 valence electrons. The number of fused-ring (bicyclic) bond motifs is 2. The lowest BCUT2D eigenvalue weighted by Crippen LogP contribution is -2.54. The molecule has 1 atom stereocenters. The van der Waals surface area contributed by atoms with Gasteiger partial charge in [0.1, 0.15) is 11.6 Å². The first kappa shape index (κ1) is 27.7. The van der Waals surface area contributed by atoms with E-state index >= 15 is 0 Å². The number of hydrogen-bond acceptors (Lipinski definition) is 4. The Bertz CT molecular complexity index is 1650. The van der Waals surface area contributed by atoms with Crippen molar-refractivity contribution in [2.45, 2.75) is 49.0 Å². The Morgan fingerprint density at radius 2 is 1.61 bits per heavy atom. The monoisotopic (exact) mass is 599 g/mol. The van der Waals surface area contributed by atoms with Gasteiger partial charge in [0, 0.05) is 31.0 Å². The van der Waals surface area contributed by atoms with Gasteiger partial charge in [0.25, 0.3) is 15.9 Å². The van der Waals surface area contributed by atoms with Crippen LogP contribution in [0.15, 0.2) is 65.6 Å². The SMILES string of the molecule is CC(=O)N1CCC2(CC1)c1cc(C(=O)Nc3cc(F)ccc3Cl)ccc1N(S(=O)(=O)c1ccc(F)cc1)C2C1CC1. The van der Waals surface area contributed by atoms with E-state index in [2.05, 4.69) is 5.32 Å². The molecule has 6 rings (SSSR count). The summed E-state index contributed by atoms with van der Waals surface area (Å²) in [7, 11) is -4.09. The van der Waals surface area contributed by atoms with Crippen molar-refractivity contribution >= 4 is 44.8 Å². The number of nitrogens with zero attached hydrogens (tertiary/aromatic N) is 2. The van der Waals surface area contributed by atoms with E-state index in [1.807, 2.05) is 0 Å². The minimum absolute atomic E-state index is 0.0173. The number of piperidine rings is 1. The maximum Gasteiger partial charge on any atom is 0.264 e. The molecule has 2 aliphatic heterocycles. The molecule has 0 bridgehead atoms. The van der Waals surface area contributed by atoms with E-state index < -0.39 is 39.0 Å². The Hall–Kier alpha value is -3.50. The highest BCUT2D eigenvalue weighted by molar-refractivity contribution is 7.92. The predicted octanol–water partition coefficient (Wildman–Crippen LogP) is 5.74. The molecule has 1 spiro atoms. The van der Waals surface area contributed by atoms with Crippen molar-refractivity contribution in [3.05, 3.63) is 88.4 Å². The number of hydrogen-bond donors (Lipinski definition) is 1. The van der Waals surface area contributed by atoms with Crippen LogP contribution < -0.4 is 9.62 Å². The molecular weight excluding hydrogens is 572 g/mol. The third kappa shape index (κ3) is 4.76. The molecule has 0 aromatic heterocycles. The number of sulfonamides is 1. The zero-order valence-electron chi connectivity index (χ0n) is 22.2. The molecule has 41 heavy (non-hydrogen) atoms. The second kappa shape index (κ2) is 10.1. The number of benzene rings is 3. The highest BCUT2D eigenvalue weighted by Crippen LogP contribution is 2.59. The van der Waals surface area contributed by atoms with E-state index in [1.165, 1.54) is 35.5 Å². The number of nitrogens with one attached hydrogen (secondary N) is 1. The van der Waals surface area contributed by atoms with Gasteiger partial charge in [0.15, 0.2) is 0 Å². The first-order valence-corrected chi connectivity index (χ1v) is 15.3. The van der Waals surface area contributed by atoms with Crippen LogP contribution in [0.25, 0.3) is 0 Å². The molecule has 0 radical (unpaired) electrons. The highest BCUT2D eigenvalue weighted by atomic mass is 35.5. The topological polar surface area (TPSA) is 86.8 Å². The molecule has 1 saturated carbocycles. The van der Waals surface area contributed by atoms with Gasteiger partial charge in [-0.05, 0) is 97.8 Å². The number of anilines is 2. The predicted molar refractivity (Wildman–Crippen MR) is 152 cm³/mol. The zero-order chi connectivity index (χ0) is 29.1. The summed E-state index contributed by atoms with van der Waals surface area (Å²) in [5.41, 5.74) is 0.956. The smallest absolute Gasteiger partial charge is 0.264 e. The van der Waals surface area contributed by atoms with E-state index in [9.17, 15) is 26.8 Å². The summed E-state index contributed by atoms with van der Waals surface area (Å²) in [4.78, 5) is 27.3. The Balaban J connectivity index is 1.46. The van der Waals surface area contributed by atoms with Crippen LogP contribution in [0.2, 0.25) is 5.02 Å². The largest absolute Gasteiger partial charge is 0.343 e. The molecule has 3 aromatic carbocycles. The molecular formula is C30H28ClF2N3O4S. The summed E-state index contributed by atoms with van der Waals surface area (Å²) < 4.78 is 57.4. The van der Waals surface area contributed by atoms with E-state index in [0.29, 0.717) is 31.6 Å². The van der Waals surface area contributed by atoms with Crippen LogP contribution in [-0.2, 0) is 20.2 Å². The third-order valence-corrected chi connectivity index (χ3v) is 10.7. The summed E-state index contributed by atoms with van der Waals surface area (Å²) in [6.45, 7) is 2.43. The van der Waals surface area contributed by atoms with Crippen molar-refractivity contribution in [1.82, 2.24) is 4.90 Å². The fourth-order valence-electron chi connectivity index (χ4n) is 6.43. The summed E-state index contributed by atoms with van der Waals surface area (Å²) in [6.07, 6.45) is 2.77. The first-order valence-electron chi connectivity index (χ1n) is 13.5. The van der Waals surface area contributed by atoms with Gasteiger partial charge >= 0.3 is 0 Å². The van der Waals surface area contributed by atoms with Gasteiger partial charge in [0.2, 0.25) is 5.91 Å². The fraction of sp³-hybridized carbons (Fsp3) is 0.333. The molecule has 2 heterocycles. The van der Waals surface area contributed by atoms with Crippen LogP contribution in [0.5, 0.6) is 0 Å². The normalized spacial score (nSPS) is 19.8. The molecule has 1 N–H and O–H groups in total. The molecule has 3 aromatic rings. The minimum atomic E-state index is -4.09. The van der Waals surface area contributed by atoms with Gasteiger partial charge in [-0.1, -0.05) is 11.6 Å². The fourth-order valence-corrected chi connectivity index (χ4v) is 8.39. The number of rotatable bonds is 5. The van der Waals surface area contributed by atoms with Crippen molar-refractivity contribution in [3.63, 3.8) is 0 Å². The molecule has 1 unspecified atom stereocenters. The van der Waals surface area contributed by atoms with Crippen LogP contribution in [0.3, 0.4) is 0 Å². The van der Waals surface area contributed by atoms with E-state index in [-0.39, 0.29) is 33.0 Å². The van der Waals surface area contributed by atoms with Crippen LogP contribution >= 0.6 is 11.6 Å². The van der Waals surface area contributed by atoms with E-state index in [0.717, 1.165) is 36.6 Å². The molecule has 1 saturated heterocycles. The summed E-state index contributed by atoms with van der Waals surface area (Å²) >= 11 is 6.17. The number of halogens is 3. The number of likely N-dealkylation sites (tertiary alicyclic amines) is 1. The van der Waals surface area contributed by atoms with Crippen molar-refractivity contribution in [2.75, 3.05) is 22.7 Å². The molecule has 7 nitrogen and oxygen atoms in total. The lowest BCUT2D eigenvalue weighted by Gasteiger charge is -2.45. The second-order valence-corrected chi connectivity index (χ2v) is 13.2. The first-order chi connectivity index (χ1) is 19.5. The van der Waals surface area contributed by atoms with Crippen molar-refractivity contribution in [2.24, 2.45) is 5.92 Å². The van der Waals surface area contributed by atoms with Crippen LogP contribution in [0.1, 0.15) is 48.5 Å². The highest BCUT2D eigenvalue weighted by Gasteiger charge is 2.60. The maximum atomic E-state index is 14.2. The molecule has 1 aliphatic carbocycles. The second-order valence-electron chi connectivity index (χ2n) is 11.0. The summed E-state index contributed by atoms with van der Waals surface area (Å²) in [6, 6.07) is 12.9. The molecule has 2 fully saturated rings. The lowest BCUT2D eigenvalue weighted by molar-refractivity contribution is -0.130. The number of amides is 2. The Labute approximate surface area is 242 Å². The molecule has 11 heteroatoms.